The number of ether oxygens (including phenoxy) is 2. The maximum absolute atomic E-state index is 13.5. The van der Waals surface area contributed by atoms with Crippen LogP contribution in [0, 0.1) is 26.6 Å². The lowest BCUT2D eigenvalue weighted by Gasteiger charge is -2.17. The number of rotatable bonds is 4. The Bertz CT molecular complexity index is 1040. The number of nitrogens with one attached hydrogen (secondary N) is 1. The molecule has 0 unspecified atom stereocenters. The number of esters is 1. The van der Waals surface area contributed by atoms with E-state index in [9.17, 15) is 29.0 Å². The standard InChI is InChI=1S/C19H21FN2O7/c1-8-4-9(2)13(10(3)5-8)18(26)28-7-12-14(23)15(24)17(29-12)22-6-11(20)16(25)21-19(22)27/h4-6,12,14-15,17,23-24H,7H2,1-3H3,(H,21,25,27)/t12-,14-,15-,17+/m1/s1. The second-order valence-electron chi connectivity index (χ2n) is 7.06. The van der Waals surface area contributed by atoms with Gasteiger partial charge in [0, 0.05) is 0 Å². The van der Waals surface area contributed by atoms with Crippen LogP contribution in [-0.4, -0.2) is 50.7 Å². The van der Waals surface area contributed by atoms with Crippen molar-refractivity contribution < 1.29 is 28.9 Å². The molecule has 2 heterocycles. The van der Waals surface area contributed by atoms with Crippen molar-refractivity contribution in [1.29, 1.82) is 0 Å². The van der Waals surface area contributed by atoms with Crippen molar-refractivity contribution in [3.05, 3.63) is 67.2 Å². The van der Waals surface area contributed by atoms with Crippen LogP contribution in [0.1, 0.15) is 33.3 Å². The van der Waals surface area contributed by atoms with E-state index in [1.54, 1.807) is 18.8 Å². The van der Waals surface area contributed by atoms with Crippen LogP contribution < -0.4 is 11.2 Å². The van der Waals surface area contributed by atoms with Crippen LogP contribution in [0.3, 0.4) is 0 Å². The fourth-order valence-corrected chi connectivity index (χ4v) is 3.48. The van der Waals surface area contributed by atoms with Gasteiger partial charge in [0.15, 0.2) is 6.23 Å². The van der Waals surface area contributed by atoms with Gasteiger partial charge in [-0.2, -0.15) is 4.39 Å². The largest absolute Gasteiger partial charge is 0.459 e. The molecule has 0 radical (unpaired) electrons. The van der Waals surface area contributed by atoms with E-state index in [1.807, 2.05) is 19.1 Å². The van der Waals surface area contributed by atoms with Crippen molar-refractivity contribution in [3.63, 3.8) is 0 Å². The number of aromatic nitrogens is 2. The van der Waals surface area contributed by atoms with Gasteiger partial charge in [-0.05, 0) is 31.9 Å². The van der Waals surface area contributed by atoms with E-state index in [-0.39, 0.29) is 0 Å². The Hall–Kier alpha value is -2.82. The molecule has 0 spiro atoms. The lowest BCUT2D eigenvalue weighted by molar-refractivity contribution is -0.0602. The number of carbonyl (C=O) groups excluding carboxylic acids is 1. The number of aromatic amines is 1. The normalized spacial score (nSPS) is 23.9. The summed E-state index contributed by atoms with van der Waals surface area (Å²) in [6.07, 6.45) is -5.16. The molecule has 0 saturated carbocycles. The molecule has 1 aliphatic heterocycles. The van der Waals surface area contributed by atoms with Crippen LogP contribution in [0.15, 0.2) is 27.9 Å². The van der Waals surface area contributed by atoms with E-state index in [1.165, 1.54) is 0 Å². The Morgan fingerprint density at radius 1 is 1.21 bits per heavy atom. The third kappa shape index (κ3) is 4.00. The van der Waals surface area contributed by atoms with Crippen molar-refractivity contribution >= 4 is 5.97 Å². The summed E-state index contributed by atoms with van der Waals surface area (Å²) < 4.78 is 24.8. The van der Waals surface area contributed by atoms with Crippen LogP contribution >= 0.6 is 0 Å². The minimum absolute atomic E-state index is 0.388. The molecule has 156 valence electrons. The van der Waals surface area contributed by atoms with E-state index in [2.05, 4.69) is 0 Å². The summed E-state index contributed by atoms with van der Waals surface area (Å²) in [5, 5.41) is 20.4. The molecular weight excluding hydrogens is 387 g/mol. The van der Waals surface area contributed by atoms with Gasteiger partial charge < -0.3 is 19.7 Å². The van der Waals surface area contributed by atoms with Gasteiger partial charge in [-0.15, -0.1) is 0 Å². The van der Waals surface area contributed by atoms with Crippen molar-refractivity contribution in [2.45, 2.75) is 45.3 Å². The molecule has 1 fully saturated rings. The first-order valence-corrected chi connectivity index (χ1v) is 8.87. The zero-order valence-electron chi connectivity index (χ0n) is 16.0. The maximum Gasteiger partial charge on any atom is 0.338 e. The molecule has 1 aromatic carbocycles. The molecule has 1 saturated heterocycles. The van der Waals surface area contributed by atoms with Crippen LogP contribution in [0.5, 0.6) is 0 Å². The van der Waals surface area contributed by atoms with Gasteiger partial charge in [-0.25, -0.2) is 9.59 Å². The Labute approximate surface area is 164 Å². The molecule has 0 amide bonds. The summed E-state index contributed by atoms with van der Waals surface area (Å²) in [6.45, 7) is 5.05. The first-order chi connectivity index (χ1) is 13.6. The lowest BCUT2D eigenvalue weighted by Crippen LogP contribution is -2.38. The van der Waals surface area contributed by atoms with E-state index < -0.39 is 54.2 Å². The SMILES string of the molecule is Cc1cc(C)c(C(=O)OC[C@H]2O[C@H](n3cc(F)c(=O)[nH]c3=O)[C@H](O)[C@@H]2O)c(C)c1. The van der Waals surface area contributed by atoms with Gasteiger partial charge in [0.25, 0.3) is 5.56 Å². The zero-order valence-corrected chi connectivity index (χ0v) is 16.0. The minimum atomic E-state index is -1.61. The summed E-state index contributed by atoms with van der Waals surface area (Å²) in [6, 6.07) is 3.67. The number of benzene rings is 1. The van der Waals surface area contributed by atoms with Crippen LogP contribution in [-0.2, 0) is 9.47 Å². The smallest absolute Gasteiger partial charge is 0.338 e. The average Bonchev–Trinajstić information content (AvgIpc) is 2.90. The topological polar surface area (TPSA) is 131 Å². The Morgan fingerprint density at radius 2 is 1.83 bits per heavy atom. The van der Waals surface area contributed by atoms with Gasteiger partial charge in [0.1, 0.15) is 24.9 Å². The molecular formula is C19H21FN2O7. The summed E-state index contributed by atoms with van der Waals surface area (Å²) in [4.78, 5) is 37.2. The number of aryl methyl sites for hydroxylation is 3. The highest BCUT2D eigenvalue weighted by Crippen LogP contribution is 2.29. The third-order valence-electron chi connectivity index (χ3n) is 4.80. The Morgan fingerprint density at radius 3 is 2.45 bits per heavy atom. The zero-order chi connectivity index (χ0) is 21.5. The second kappa shape index (κ2) is 7.90. The van der Waals surface area contributed by atoms with Crippen molar-refractivity contribution in [3.8, 4) is 0 Å². The molecule has 1 aromatic heterocycles. The van der Waals surface area contributed by atoms with Crippen LogP contribution in [0.25, 0.3) is 0 Å². The monoisotopic (exact) mass is 408 g/mol. The van der Waals surface area contributed by atoms with Gasteiger partial charge in [0.05, 0.1) is 11.8 Å². The van der Waals surface area contributed by atoms with Gasteiger partial charge in [0.2, 0.25) is 5.82 Å². The highest BCUT2D eigenvalue weighted by Gasteiger charge is 2.45. The molecule has 2 aromatic rings. The molecule has 9 nitrogen and oxygen atoms in total. The molecule has 3 N–H and O–H groups in total. The van der Waals surface area contributed by atoms with Gasteiger partial charge >= 0.3 is 11.7 Å². The third-order valence-corrected chi connectivity index (χ3v) is 4.80. The quantitative estimate of drug-likeness (QED) is 0.611. The summed E-state index contributed by atoms with van der Waals surface area (Å²) in [5.74, 6) is -1.88. The van der Waals surface area contributed by atoms with Crippen LogP contribution in [0.2, 0.25) is 0 Å². The number of aliphatic hydroxyl groups is 2. The first-order valence-electron chi connectivity index (χ1n) is 8.87. The highest BCUT2D eigenvalue weighted by molar-refractivity contribution is 5.92. The van der Waals surface area contributed by atoms with E-state index in [0.29, 0.717) is 16.3 Å². The molecule has 3 rings (SSSR count). The summed E-state index contributed by atoms with van der Waals surface area (Å²) in [7, 11) is 0. The van der Waals surface area contributed by atoms with Crippen molar-refractivity contribution in [1.82, 2.24) is 9.55 Å². The molecule has 10 heteroatoms. The fourth-order valence-electron chi connectivity index (χ4n) is 3.48. The Kier molecular flexibility index (Phi) is 5.69. The number of carbonyl (C=O) groups is 1. The number of H-pyrrole nitrogens is 1. The number of nitrogens with zero attached hydrogens (tertiary/aromatic N) is 1. The summed E-state index contributed by atoms with van der Waals surface area (Å²) >= 11 is 0. The van der Waals surface area contributed by atoms with Gasteiger partial charge in [-0.3, -0.25) is 14.3 Å². The predicted octanol–water partition coefficient (Wildman–Crippen LogP) is 0.0772. The number of hydrogen-bond donors (Lipinski definition) is 3. The van der Waals surface area contributed by atoms with Gasteiger partial charge in [-0.1, -0.05) is 17.7 Å². The molecule has 0 aliphatic carbocycles. The second-order valence-corrected chi connectivity index (χ2v) is 7.06. The Balaban J connectivity index is 1.75. The predicted molar refractivity (Wildman–Crippen MR) is 98.1 cm³/mol. The first kappa shape index (κ1) is 20.9. The lowest BCUT2D eigenvalue weighted by atomic mass is 10.00. The minimum Gasteiger partial charge on any atom is -0.459 e. The molecule has 29 heavy (non-hydrogen) atoms. The fraction of sp³-hybridized carbons (Fsp3) is 0.421. The number of aliphatic hydroxyl groups excluding tert-OH is 2. The van der Waals surface area contributed by atoms with E-state index >= 15 is 0 Å². The molecule has 0 bridgehead atoms. The van der Waals surface area contributed by atoms with Crippen molar-refractivity contribution in [2.24, 2.45) is 0 Å². The number of halogens is 1. The van der Waals surface area contributed by atoms with E-state index in [0.717, 1.165) is 16.7 Å². The maximum atomic E-state index is 13.5. The highest BCUT2D eigenvalue weighted by atomic mass is 19.1. The number of hydrogen-bond acceptors (Lipinski definition) is 7. The van der Waals surface area contributed by atoms with E-state index in [4.69, 9.17) is 9.47 Å². The van der Waals surface area contributed by atoms with Crippen LogP contribution in [0.4, 0.5) is 4.39 Å². The molecule has 4 atom stereocenters. The average molecular weight is 408 g/mol. The molecule has 1 aliphatic rings. The van der Waals surface area contributed by atoms with Crippen molar-refractivity contribution in [2.75, 3.05) is 6.61 Å². The summed E-state index contributed by atoms with van der Waals surface area (Å²) in [5.41, 5.74) is 0.613.